The van der Waals surface area contributed by atoms with Crippen molar-refractivity contribution in [3.63, 3.8) is 0 Å². The van der Waals surface area contributed by atoms with Gasteiger partial charge < -0.3 is 0 Å². The van der Waals surface area contributed by atoms with Gasteiger partial charge in [-0.05, 0) is 37.1 Å². The Bertz CT molecular complexity index is 990. The zero-order valence-electron chi connectivity index (χ0n) is 13.7. The molecule has 1 aromatic carbocycles. The Kier molecular flexibility index (Phi) is 5.54. The maximum Gasteiger partial charge on any atom is 0.256 e. The van der Waals surface area contributed by atoms with Gasteiger partial charge in [0.05, 0.1) is 33.9 Å². The Labute approximate surface area is 161 Å². The van der Waals surface area contributed by atoms with Crippen molar-refractivity contribution in [2.24, 2.45) is 0 Å². The summed E-state index contributed by atoms with van der Waals surface area (Å²) in [5, 5.41) is 0. The predicted octanol–water partition coefficient (Wildman–Crippen LogP) is 0.319. The molecule has 0 saturated carbocycles. The Balaban J connectivity index is 1.93. The SMILES string of the molecule is O=S1(=O)CC[C@@H](NN([C@@H]2CCS(=O)(=O)C2)S(=O)(=O)c2ccc(Br)cc2)C1. The number of nitrogens with zero attached hydrogens (tertiary/aromatic N) is 1. The van der Waals surface area contributed by atoms with Crippen molar-refractivity contribution >= 4 is 45.6 Å². The lowest BCUT2D eigenvalue weighted by Crippen LogP contribution is -2.54. The van der Waals surface area contributed by atoms with Crippen molar-refractivity contribution in [2.75, 3.05) is 23.0 Å². The van der Waals surface area contributed by atoms with Gasteiger partial charge in [-0.1, -0.05) is 15.9 Å². The van der Waals surface area contributed by atoms with E-state index in [1.807, 2.05) is 0 Å². The molecule has 0 aliphatic carbocycles. The zero-order chi connectivity index (χ0) is 19.2. The normalized spacial score (nSPS) is 27.8. The van der Waals surface area contributed by atoms with Gasteiger partial charge in [-0.2, -0.15) is 0 Å². The fraction of sp³-hybridized carbons (Fsp3) is 0.571. The number of hydrogen-bond donors (Lipinski definition) is 1. The van der Waals surface area contributed by atoms with Crippen molar-refractivity contribution in [1.82, 2.24) is 9.84 Å². The summed E-state index contributed by atoms with van der Waals surface area (Å²) in [6.45, 7) is 0. The fourth-order valence-corrected chi connectivity index (χ4v) is 8.42. The third kappa shape index (κ3) is 4.47. The number of hydrogen-bond acceptors (Lipinski definition) is 7. The number of halogens is 1. The minimum absolute atomic E-state index is 0.0124. The second-order valence-electron chi connectivity index (χ2n) is 6.54. The highest BCUT2D eigenvalue weighted by Gasteiger charge is 2.41. The maximum atomic E-state index is 13.1. The van der Waals surface area contributed by atoms with Crippen molar-refractivity contribution in [3.05, 3.63) is 28.7 Å². The second kappa shape index (κ2) is 7.13. The van der Waals surface area contributed by atoms with Crippen molar-refractivity contribution in [2.45, 2.75) is 29.8 Å². The summed E-state index contributed by atoms with van der Waals surface area (Å²) in [5.74, 6) is -0.553. The molecule has 0 spiro atoms. The number of benzene rings is 1. The molecule has 26 heavy (non-hydrogen) atoms. The molecule has 8 nitrogen and oxygen atoms in total. The molecule has 1 N–H and O–H groups in total. The number of hydrazine groups is 1. The van der Waals surface area contributed by atoms with Gasteiger partial charge in [-0.15, -0.1) is 4.41 Å². The third-order valence-electron chi connectivity index (χ3n) is 4.45. The van der Waals surface area contributed by atoms with E-state index < -0.39 is 41.8 Å². The Morgan fingerprint density at radius 3 is 2.04 bits per heavy atom. The zero-order valence-corrected chi connectivity index (χ0v) is 17.7. The van der Waals surface area contributed by atoms with Crippen LogP contribution in [0.2, 0.25) is 0 Å². The summed E-state index contributed by atoms with van der Waals surface area (Å²) in [5.41, 5.74) is 2.79. The number of rotatable bonds is 5. The topological polar surface area (TPSA) is 118 Å². The first kappa shape index (κ1) is 20.2. The summed E-state index contributed by atoms with van der Waals surface area (Å²) in [4.78, 5) is 0.0124. The lowest BCUT2D eigenvalue weighted by molar-refractivity contribution is 0.229. The Morgan fingerprint density at radius 2 is 1.54 bits per heavy atom. The van der Waals surface area contributed by atoms with Crippen LogP contribution >= 0.6 is 15.9 Å². The van der Waals surface area contributed by atoms with Crippen molar-refractivity contribution < 1.29 is 25.3 Å². The van der Waals surface area contributed by atoms with E-state index in [-0.39, 0.29) is 40.7 Å². The van der Waals surface area contributed by atoms with Crippen LogP contribution in [0.4, 0.5) is 0 Å². The molecular formula is C14H19BrN2O6S3. The average Bonchev–Trinajstić information content (AvgIpc) is 3.06. The van der Waals surface area contributed by atoms with Crippen LogP contribution in [-0.2, 0) is 29.7 Å². The molecule has 0 radical (unpaired) electrons. The smallest absolute Gasteiger partial charge is 0.237 e. The van der Waals surface area contributed by atoms with Crippen molar-refractivity contribution in [3.8, 4) is 0 Å². The molecule has 2 heterocycles. The minimum Gasteiger partial charge on any atom is -0.237 e. The molecule has 3 rings (SSSR count). The van der Waals surface area contributed by atoms with Crippen LogP contribution in [0.3, 0.4) is 0 Å². The van der Waals surface area contributed by atoms with E-state index in [2.05, 4.69) is 21.4 Å². The number of sulfonamides is 1. The van der Waals surface area contributed by atoms with Crippen LogP contribution in [0.5, 0.6) is 0 Å². The van der Waals surface area contributed by atoms with Gasteiger partial charge in [-0.3, -0.25) is 0 Å². The summed E-state index contributed by atoms with van der Waals surface area (Å²) in [6, 6.07) is 4.67. The predicted molar refractivity (Wildman–Crippen MR) is 100 cm³/mol. The molecule has 2 fully saturated rings. The number of sulfone groups is 2. The van der Waals surface area contributed by atoms with Crippen molar-refractivity contribution in [1.29, 1.82) is 0 Å². The maximum absolute atomic E-state index is 13.1. The molecule has 0 amide bonds. The van der Waals surface area contributed by atoms with E-state index in [0.29, 0.717) is 4.47 Å². The second-order valence-corrected chi connectivity index (χ2v) is 13.7. The molecule has 2 saturated heterocycles. The lowest BCUT2D eigenvalue weighted by atomic mass is 10.2. The van der Waals surface area contributed by atoms with Crippen LogP contribution in [0.15, 0.2) is 33.6 Å². The minimum atomic E-state index is -4.03. The first-order valence-electron chi connectivity index (χ1n) is 7.96. The third-order valence-corrected chi connectivity index (χ3v) is 10.3. The van der Waals surface area contributed by atoms with Gasteiger partial charge in [0.2, 0.25) is 0 Å². The molecule has 12 heteroatoms. The summed E-state index contributed by atoms with van der Waals surface area (Å²) < 4.78 is 74.9. The van der Waals surface area contributed by atoms with Gasteiger partial charge in [0, 0.05) is 10.5 Å². The van der Waals surface area contributed by atoms with E-state index >= 15 is 0 Å². The van der Waals surface area contributed by atoms with Gasteiger partial charge >= 0.3 is 0 Å². The van der Waals surface area contributed by atoms with Gasteiger partial charge in [0.25, 0.3) is 10.0 Å². The molecule has 0 unspecified atom stereocenters. The average molecular weight is 487 g/mol. The van der Waals surface area contributed by atoms with E-state index in [1.54, 1.807) is 12.1 Å². The van der Waals surface area contributed by atoms with E-state index in [1.165, 1.54) is 12.1 Å². The van der Waals surface area contributed by atoms with Crippen LogP contribution in [0, 0.1) is 0 Å². The highest BCUT2D eigenvalue weighted by molar-refractivity contribution is 9.10. The first-order valence-corrected chi connectivity index (χ1v) is 13.8. The van der Waals surface area contributed by atoms with E-state index in [0.717, 1.165) is 4.41 Å². The van der Waals surface area contributed by atoms with Gasteiger partial charge in [0.15, 0.2) is 19.7 Å². The molecule has 146 valence electrons. The number of nitrogens with one attached hydrogen (secondary N) is 1. The Hall–Kier alpha value is -0.530. The van der Waals surface area contributed by atoms with Gasteiger partial charge in [0.1, 0.15) is 0 Å². The quantitative estimate of drug-likeness (QED) is 0.595. The molecule has 2 aliphatic rings. The monoisotopic (exact) mass is 486 g/mol. The van der Waals surface area contributed by atoms with E-state index in [4.69, 9.17) is 0 Å². The lowest BCUT2D eigenvalue weighted by Gasteiger charge is -2.30. The Morgan fingerprint density at radius 1 is 0.962 bits per heavy atom. The standard InChI is InChI=1S/C14H19BrN2O6S3/c15-11-1-3-14(4-2-11)26(22,23)17(13-6-8-25(20,21)10-13)16-12-5-7-24(18,19)9-12/h1-4,12-13,16H,5-10H2/t12-,13-/m1/s1. The fourth-order valence-electron chi connectivity index (χ4n) is 3.13. The largest absolute Gasteiger partial charge is 0.256 e. The van der Waals surface area contributed by atoms with Gasteiger partial charge in [-0.25, -0.2) is 30.7 Å². The molecule has 0 aromatic heterocycles. The highest BCUT2D eigenvalue weighted by Crippen LogP contribution is 2.26. The molecule has 0 bridgehead atoms. The van der Waals surface area contributed by atoms with Crippen LogP contribution in [0.25, 0.3) is 0 Å². The highest BCUT2D eigenvalue weighted by atomic mass is 79.9. The van der Waals surface area contributed by atoms with E-state index in [9.17, 15) is 25.3 Å². The summed E-state index contributed by atoms with van der Waals surface area (Å²) in [6.07, 6.45) is 0.457. The molecule has 2 aliphatic heterocycles. The molecular weight excluding hydrogens is 468 g/mol. The molecule has 2 atom stereocenters. The summed E-state index contributed by atoms with van der Waals surface area (Å²) >= 11 is 3.24. The van der Waals surface area contributed by atoms with Crippen LogP contribution in [-0.4, -0.2) is 64.8 Å². The summed E-state index contributed by atoms with van der Waals surface area (Å²) in [7, 11) is -10.6. The van der Waals surface area contributed by atoms with Crippen LogP contribution < -0.4 is 5.43 Å². The molecule has 1 aromatic rings. The first-order chi connectivity index (χ1) is 12.0. The van der Waals surface area contributed by atoms with Crippen LogP contribution in [0.1, 0.15) is 12.8 Å².